The van der Waals surface area contributed by atoms with Crippen molar-refractivity contribution in [1.82, 2.24) is 9.97 Å². The van der Waals surface area contributed by atoms with Gasteiger partial charge in [-0.2, -0.15) is 4.98 Å². The first-order valence-corrected chi connectivity index (χ1v) is 8.78. The fraction of sp³-hybridized carbons (Fsp3) is 0.200. The topological polar surface area (TPSA) is 59.1 Å². The highest BCUT2D eigenvalue weighted by Gasteiger charge is 2.06. The molecule has 3 rings (SSSR count). The van der Waals surface area contributed by atoms with Crippen LogP contribution in [0.25, 0.3) is 0 Å². The molecule has 1 heterocycles. The minimum absolute atomic E-state index is 0.146. The lowest BCUT2D eigenvalue weighted by Crippen LogP contribution is -2.05. The average Bonchev–Trinajstić information content (AvgIpc) is 2.58. The fourth-order valence-electron chi connectivity index (χ4n) is 2.41. The van der Waals surface area contributed by atoms with Crippen molar-refractivity contribution in [3.8, 4) is 5.75 Å². The predicted molar refractivity (Wildman–Crippen MR) is 107 cm³/mol. The zero-order valence-corrected chi connectivity index (χ0v) is 15.7. The average molecular weight is 369 g/mol. The maximum Gasteiger partial charge on any atom is 0.229 e. The number of aromatic nitrogens is 2. The van der Waals surface area contributed by atoms with E-state index in [1.165, 1.54) is 0 Å². The number of rotatable bonds is 6. The molecule has 26 heavy (non-hydrogen) atoms. The maximum absolute atomic E-state index is 6.20. The fourth-order valence-corrected chi connectivity index (χ4v) is 2.59. The molecule has 0 spiro atoms. The highest BCUT2D eigenvalue weighted by molar-refractivity contribution is 6.33. The number of anilines is 4. The van der Waals surface area contributed by atoms with Crippen LogP contribution in [0.5, 0.6) is 5.75 Å². The molecule has 0 atom stereocenters. The van der Waals surface area contributed by atoms with Gasteiger partial charge >= 0.3 is 0 Å². The lowest BCUT2D eigenvalue weighted by Gasteiger charge is -2.12. The summed E-state index contributed by atoms with van der Waals surface area (Å²) < 4.78 is 5.65. The van der Waals surface area contributed by atoms with E-state index in [0.29, 0.717) is 16.8 Å². The van der Waals surface area contributed by atoms with E-state index in [-0.39, 0.29) is 6.10 Å². The lowest BCUT2D eigenvalue weighted by molar-refractivity contribution is 0.242. The lowest BCUT2D eigenvalue weighted by atomic mass is 10.3. The van der Waals surface area contributed by atoms with Crippen molar-refractivity contribution in [3.63, 3.8) is 0 Å². The zero-order chi connectivity index (χ0) is 18.5. The van der Waals surface area contributed by atoms with Crippen LogP contribution in [-0.2, 0) is 0 Å². The summed E-state index contributed by atoms with van der Waals surface area (Å²) in [6, 6.07) is 17.1. The first-order valence-electron chi connectivity index (χ1n) is 8.40. The van der Waals surface area contributed by atoms with Gasteiger partial charge in [0.1, 0.15) is 11.6 Å². The zero-order valence-electron chi connectivity index (χ0n) is 15.0. The second kappa shape index (κ2) is 8.06. The van der Waals surface area contributed by atoms with Gasteiger partial charge in [-0.1, -0.05) is 23.7 Å². The summed E-state index contributed by atoms with van der Waals surface area (Å²) in [6.07, 6.45) is 0.146. The molecule has 2 N–H and O–H groups in total. The molecule has 0 aliphatic carbocycles. The van der Waals surface area contributed by atoms with E-state index in [9.17, 15) is 0 Å². The molecule has 0 aliphatic rings. The van der Waals surface area contributed by atoms with E-state index in [1.807, 2.05) is 75.4 Å². The highest BCUT2D eigenvalue weighted by Crippen LogP contribution is 2.25. The normalized spacial score (nSPS) is 10.7. The van der Waals surface area contributed by atoms with Gasteiger partial charge in [0, 0.05) is 17.4 Å². The number of para-hydroxylation sites is 1. The number of aryl methyl sites for hydroxylation is 1. The van der Waals surface area contributed by atoms with Crippen molar-refractivity contribution >= 4 is 34.7 Å². The smallest absolute Gasteiger partial charge is 0.229 e. The van der Waals surface area contributed by atoms with Crippen LogP contribution in [0.1, 0.15) is 19.5 Å². The molecule has 3 aromatic rings. The molecule has 134 valence electrons. The highest BCUT2D eigenvalue weighted by atomic mass is 35.5. The van der Waals surface area contributed by atoms with Crippen molar-refractivity contribution in [2.24, 2.45) is 0 Å². The minimum Gasteiger partial charge on any atom is -0.491 e. The molecule has 0 aliphatic heterocycles. The van der Waals surface area contributed by atoms with E-state index >= 15 is 0 Å². The minimum atomic E-state index is 0.146. The Morgan fingerprint density at radius 2 is 1.69 bits per heavy atom. The van der Waals surface area contributed by atoms with E-state index < -0.39 is 0 Å². The second-order valence-electron chi connectivity index (χ2n) is 6.14. The Morgan fingerprint density at radius 1 is 0.962 bits per heavy atom. The number of hydrogen-bond acceptors (Lipinski definition) is 5. The Hall–Kier alpha value is -2.79. The Balaban J connectivity index is 1.76. The van der Waals surface area contributed by atoms with Gasteiger partial charge in [0.2, 0.25) is 5.95 Å². The molecule has 0 amide bonds. The molecule has 0 saturated heterocycles. The maximum atomic E-state index is 6.20. The Labute approximate surface area is 158 Å². The molecule has 0 radical (unpaired) electrons. The van der Waals surface area contributed by atoms with Crippen molar-refractivity contribution in [3.05, 3.63) is 65.3 Å². The molecule has 0 unspecified atom stereocenters. The van der Waals surface area contributed by atoms with Gasteiger partial charge in [0.05, 0.1) is 16.8 Å². The molecule has 2 aromatic carbocycles. The van der Waals surface area contributed by atoms with Crippen LogP contribution < -0.4 is 15.4 Å². The summed E-state index contributed by atoms with van der Waals surface area (Å²) in [5.41, 5.74) is 2.53. The Morgan fingerprint density at radius 3 is 2.38 bits per heavy atom. The number of nitrogens with one attached hydrogen (secondary N) is 2. The van der Waals surface area contributed by atoms with Gasteiger partial charge in [0.15, 0.2) is 0 Å². The molecule has 0 fully saturated rings. The third-order valence-electron chi connectivity index (χ3n) is 3.47. The van der Waals surface area contributed by atoms with E-state index in [2.05, 4.69) is 20.6 Å². The number of halogens is 1. The Bertz CT molecular complexity index is 881. The van der Waals surface area contributed by atoms with E-state index in [0.717, 1.165) is 22.8 Å². The predicted octanol–water partition coefficient (Wildman–Crippen LogP) is 5.71. The summed E-state index contributed by atoms with van der Waals surface area (Å²) in [6.45, 7) is 5.92. The van der Waals surface area contributed by atoms with Crippen LogP contribution in [0.4, 0.5) is 23.1 Å². The van der Waals surface area contributed by atoms with Crippen LogP contribution >= 0.6 is 11.6 Å². The van der Waals surface area contributed by atoms with Crippen LogP contribution in [0.3, 0.4) is 0 Å². The van der Waals surface area contributed by atoms with Crippen molar-refractivity contribution in [2.45, 2.75) is 26.9 Å². The molecular formula is C20H21ClN4O. The monoisotopic (exact) mass is 368 g/mol. The number of nitrogens with zero attached hydrogens (tertiary/aromatic N) is 2. The number of ether oxygens (including phenoxy) is 1. The Kier molecular flexibility index (Phi) is 5.58. The van der Waals surface area contributed by atoms with Gasteiger partial charge in [-0.05, 0) is 57.2 Å². The van der Waals surface area contributed by atoms with Gasteiger partial charge in [-0.15, -0.1) is 0 Å². The van der Waals surface area contributed by atoms with Crippen LogP contribution in [0, 0.1) is 6.92 Å². The van der Waals surface area contributed by atoms with Gasteiger partial charge in [0.25, 0.3) is 0 Å². The van der Waals surface area contributed by atoms with Gasteiger partial charge in [-0.3, -0.25) is 0 Å². The van der Waals surface area contributed by atoms with E-state index in [4.69, 9.17) is 16.3 Å². The van der Waals surface area contributed by atoms with Crippen molar-refractivity contribution in [1.29, 1.82) is 0 Å². The third-order valence-corrected chi connectivity index (χ3v) is 3.80. The van der Waals surface area contributed by atoms with Crippen molar-refractivity contribution in [2.75, 3.05) is 10.6 Å². The quantitative estimate of drug-likeness (QED) is 0.583. The first-order chi connectivity index (χ1) is 12.5. The summed E-state index contributed by atoms with van der Waals surface area (Å²) in [7, 11) is 0. The van der Waals surface area contributed by atoms with Crippen LogP contribution in [0.15, 0.2) is 54.6 Å². The summed E-state index contributed by atoms with van der Waals surface area (Å²) >= 11 is 6.20. The van der Waals surface area contributed by atoms with Gasteiger partial charge < -0.3 is 15.4 Å². The summed E-state index contributed by atoms with van der Waals surface area (Å²) in [4.78, 5) is 8.95. The molecule has 0 saturated carbocycles. The molecule has 6 heteroatoms. The third kappa shape index (κ3) is 4.86. The molecule has 1 aromatic heterocycles. The van der Waals surface area contributed by atoms with E-state index in [1.54, 1.807) is 0 Å². The SMILES string of the molecule is Cc1cc(Nc2ccccc2Cl)nc(Nc2ccc(OC(C)C)cc2)n1. The van der Waals surface area contributed by atoms with Gasteiger partial charge in [-0.25, -0.2) is 4.98 Å². The second-order valence-corrected chi connectivity index (χ2v) is 6.55. The molecule has 0 bridgehead atoms. The number of hydrogen-bond donors (Lipinski definition) is 2. The number of benzene rings is 2. The molecular weight excluding hydrogens is 348 g/mol. The molecule has 5 nitrogen and oxygen atoms in total. The van der Waals surface area contributed by atoms with Crippen LogP contribution in [-0.4, -0.2) is 16.1 Å². The standard InChI is InChI=1S/C20H21ClN4O/c1-13(2)26-16-10-8-15(9-11-16)23-20-22-14(3)12-19(25-20)24-18-7-5-4-6-17(18)21/h4-13H,1-3H3,(H2,22,23,24,25). The summed E-state index contributed by atoms with van der Waals surface area (Å²) in [5.74, 6) is 2.02. The largest absolute Gasteiger partial charge is 0.491 e. The first kappa shape index (κ1) is 18.0. The van der Waals surface area contributed by atoms with Crippen LogP contribution in [0.2, 0.25) is 5.02 Å². The summed E-state index contributed by atoms with van der Waals surface area (Å²) in [5, 5.41) is 7.08. The van der Waals surface area contributed by atoms with Crippen molar-refractivity contribution < 1.29 is 4.74 Å².